The van der Waals surface area contributed by atoms with E-state index < -0.39 is 15.4 Å². The highest BCUT2D eigenvalue weighted by molar-refractivity contribution is 8.01. The molecule has 1 aromatic carbocycles. The number of aromatic nitrogens is 2. The van der Waals surface area contributed by atoms with Crippen LogP contribution in [0.25, 0.3) is 6.08 Å². The number of oxime groups is 1. The fraction of sp³-hybridized carbons (Fsp3) is 0.400. The first-order chi connectivity index (χ1) is 15.8. The lowest BCUT2D eigenvalue weighted by molar-refractivity contribution is -0.110. The Balaban J connectivity index is 1.55. The molecule has 2 fully saturated rings. The van der Waals surface area contributed by atoms with Crippen LogP contribution >= 0.6 is 0 Å². The monoisotopic (exact) mass is 466 g/mol. The van der Waals surface area contributed by atoms with E-state index in [2.05, 4.69) is 26.3 Å². The third-order valence-corrected chi connectivity index (χ3v) is 8.37. The second-order valence-corrected chi connectivity index (χ2v) is 11.5. The standard InChI is InChI=1S/C25H30N4O3S/c1-17(2)14-19-15-27-23(16-26-19)28-25(30)24(29-32-20-6-4-5-7-20)18-8-10-21(11-9-18)33(3,31)22-12-13-22/h8-11,14-16,20,22H,3-7,12-13H2,1-2H3,(H,27,28,30)/b29-24+. The van der Waals surface area contributed by atoms with Crippen LogP contribution in [0.2, 0.25) is 0 Å². The van der Waals surface area contributed by atoms with Crippen LogP contribution in [0.1, 0.15) is 63.6 Å². The minimum Gasteiger partial charge on any atom is -0.392 e. The van der Waals surface area contributed by atoms with E-state index in [9.17, 15) is 9.00 Å². The van der Waals surface area contributed by atoms with Crippen molar-refractivity contribution in [1.29, 1.82) is 0 Å². The summed E-state index contributed by atoms with van der Waals surface area (Å²) in [6.07, 6.45) is 11.0. The average Bonchev–Trinajstić information content (AvgIpc) is 3.53. The van der Waals surface area contributed by atoms with Crippen molar-refractivity contribution in [3.63, 3.8) is 0 Å². The number of nitrogens with zero attached hydrogens (tertiary/aromatic N) is 3. The van der Waals surface area contributed by atoms with Gasteiger partial charge >= 0.3 is 0 Å². The van der Waals surface area contributed by atoms with Gasteiger partial charge in [-0.25, -0.2) is 4.98 Å². The Bertz CT molecular complexity index is 1160. The summed E-state index contributed by atoms with van der Waals surface area (Å²) >= 11 is 0. The molecule has 0 aliphatic heterocycles. The molecule has 2 saturated carbocycles. The second kappa shape index (κ2) is 9.87. The summed E-state index contributed by atoms with van der Waals surface area (Å²) in [5.74, 6) is 3.84. The molecule has 0 bridgehead atoms. The number of allylic oxidation sites excluding steroid dienone is 1. The van der Waals surface area contributed by atoms with E-state index in [-0.39, 0.29) is 17.1 Å². The summed E-state index contributed by atoms with van der Waals surface area (Å²) in [5, 5.41) is 7.14. The summed E-state index contributed by atoms with van der Waals surface area (Å²) in [4.78, 5) is 28.1. The van der Waals surface area contributed by atoms with Crippen LogP contribution in [0.15, 0.2) is 52.3 Å². The minimum absolute atomic E-state index is 0.0173. The van der Waals surface area contributed by atoms with Crippen molar-refractivity contribution < 1.29 is 13.8 Å². The van der Waals surface area contributed by atoms with E-state index in [0.717, 1.165) is 49.8 Å². The smallest absolute Gasteiger partial charge is 0.279 e. The van der Waals surface area contributed by atoms with Gasteiger partial charge in [0.2, 0.25) is 0 Å². The highest BCUT2D eigenvalue weighted by atomic mass is 32.2. The molecule has 1 N–H and O–H groups in total. The molecule has 4 rings (SSSR count). The zero-order valence-electron chi connectivity index (χ0n) is 19.1. The van der Waals surface area contributed by atoms with Gasteiger partial charge in [-0.05, 0) is 86.0 Å². The number of benzene rings is 1. The van der Waals surface area contributed by atoms with Gasteiger partial charge in [0.05, 0.1) is 18.1 Å². The maximum absolute atomic E-state index is 13.1. The van der Waals surface area contributed by atoms with Crippen LogP contribution in [0.4, 0.5) is 5.82 Å². The first-order valence-electron chi connectivity index (χ1n) is 11.3. The van der Waals surface area contributed by atoms with E-state index in [1.54, 1.807) is 30.5 Å². The van der Waals surface area contributed by atoms with Crippen molar-refractivity contribution in [1.82, 2.24) is 9.97 Å². The molecule has 2 aliphatic rings. The first kappa shape index (κ1) is 23.2. The normalized spacial score (nSPS) is 18.4. The molecule has 1 heterocycles. The molecular formula is C25H30N4O3S. The summed E-state index contributed by atoms with van der Waals surface area (Å²) < 4.78 is 12.9. The van der Waals surface area contributed by atoms with E-state index >= 15 is 0 Å². The molecule has 1 atom stereocenters. The molecule has 33 heavy (non-hydrogen) atoms. The van der Waals surface area contributed by atoms with E-state index in [1.165, 1.54) is 6.20 Å². The SMILES string of the molecule is C=S(=O)(c1ccc(/C(=N\OC2CCCC2)C(=O)Nc2cnc(C=C(C)C)cn2)cc1)C1CC1. The predicted molar refractivity (Wildman–Crippen MR) is 133 cm³/mol. The lowest BCUT2D eigenvalue weighted by Crippen LogP contribution is -2.25. The van der Waals surface area contributed by atoms with E-state index in [1.807, 2.05) is 19.9 Å². The molecule has 0 spiro atoms. The van der Waals surface area contributed by atoms with Gasteiger partial charge in [0, 0.05) is 15.7 Å². The lowest BCUT2D eigenvalue weighted by atomic mass is 10.1. The third kappa shape index (κ3) is 5.87. The number of carbonyl (C=O) groups is 1. The largest absolute Gasteiger partial charge is 0.392 e. The molecule has 0 saturated heterocycles. The summed E-state index contributed by atoms with van der Waals surface area (Å²) in [7, 11) is -2.31. The molecule has 2 aliphatic carbocycles. The maximum atomic E-state index is 13.1. The van der Waals surface area contributed by atoms with Crippen molar-refractivity contribution in [2.45, 2.75) is 68.6 Å². The van der Waals surface area contributed by atoms with Crippen LogP contribution in [0, 0.1) is 0 Å². The van der Waals surface area contributed by atoms with Gasteiger partial charge in [0.15, 0.2) is 11.5 Å². The molecule has 1 amide bonds. The van der Waals surface area contributed by atoms with Crippen molar-refractivity contribution in [3.05, 3.63) is 53.5 Å². The molecule has 7 nitrogen and oxygen atoms in total. The Morgan fingerprint density at radius 1 is 1.12 bits per heavy atom. The Morgan fingerprint density at radius 2 is 1.82 bits per heavy atom. The molecule has 0 radical (unpaired) electrons. The molecule has 2 aromatic rings. The second-order valence-electron chi connectivity index (χ2n) is 8.90. The van der Waals surface area contributed by atoms with Crippen molar-refractivity contribution >= 4 is 38.9 Å². The number of carbonyl (C=O) groups excluding carboxylic acids is 1. The highest BCUT2D eigenvalue weighted by Gasteiger charge is 2.32. The number of hydrogen-bond donors (Lipinski definition) is 1. The van der Waals surface area contributed by atoms with Gasteiger partial charge < -0.3 is 10.2 Å². The summed E-state index contributed by atoms with van der Waals surface area (Å²) in [6, 6.07) is 7.05. The first-order valence-corrected chi connectivity index (χ1v) is 13.1. The fourth-order valence-corrected chi connectivity index (χ4v) is 5.66. The zero-order chi connectivity index (χ0) is 23.4. The van der Waals surface area contributed by atoms with Gasteiger partial charge in [0.25, 0.3) is 5.91 Å². The quantitative estimate of drug-likeness (QED) is 0.353. The van der Waals surface area contributed by atoms with Crippen LogP contribution in [0.5, 0.6) is 0 Å². The number of amides is 1. The summed E-state index contributed by atoms with van der Waals surface area (Å²) in [6.45, 7) is 3.96. The van der Waals surface area contributed by atoms with E-state index in [4.69, 9.17) is 4.84 Å². The molecule has 1 aromatic heterocycles. The molecule has 1 unspecified atom stereocenters. The Morgan fingerprint density at radius 3 is 2.39 bits per heavy atom. The predicted octanol–water partition coefficient (Wildman–Crippen LogP) is 4.44. The van der Waals surface area contributed by atoms with Crippen LogP contribution < -0.4 is 5.32 Å². The fourth-order valence-electron chi connectivity index (χ4n) is 3.78. The van der Waals surface area contributed by atoms with Crippen molar-refractivity contribution in [2.75, 3.05) is 5.32 Å². The third-order valence-electron chi connectivity index (χ3n) is 5.75. The Kier molecular flexibility index (Phi) is 6.93. The van der Waals surface area contributed by atoms with Gasteiger partial charge in [-0.1, -0.05) is 22.9 Å². The van der Waals surface area contributed by atoms with E-state index in [0.29, 0.717) is 16.3 Å². The van der Waals surface area contributed by atoms with Crippen molar-refractivity contribution in [2.24, 2.45) is 5.16 Å². The van der Waals surface area contributed by atoms with Crippen molar-refractivity contribution in [3.8, 4) is 0 Å². The highest BCUT2D eigenvalue weighted by Crippen LogP contribution is 2.33. The molecule has 174 valence electrons. The Hall–Kier alpha value is -3.00. The van der Waals surface area contributed by atoms with Gasteiger partial charge in [-0.3, -0.25) is 14.0 Å². The molecule has 8 heteroatoms. The average molecular weight is 467 g/mol. The van der Waals surface area contributed by atoms with Gasteiger partial charge in [-0.15, -0.1) is 0 Å². The minimum atomic E-state index is -2.31. The number of rotatable bonds is 8. The molecular weight excluding hydrogens is 436 g/mol. The number of hydrogen-bond acceptors (Lipinski definition) is 6. The maximum Gasteiger partial charge on any atom is 0.279 e. The number of anilines is 1. The topological polar surface area (TPSA) is 93.5 Å². The van der Waals surface area contributed by atoms with Gasteiger partial charge in [0.1, 0.15) is 6.10 Å². The van der Waals surface area contributed by atoms with Gasteiger partial charge in [-0.2, -0.15) is 0 Å². The Labute approximate surface area is 195 Å². The lowest BCUT2D eigenvalue weighted by Gasteiger charge is -2.12. The van der Waals surface area contributed by atoms with Crippen LogP contribution in [-0.4, -0.2) is 43.0 Å². The van der Waals surface area contributed by atoms with Crippen LogP contribution in [-0.2, 0) is 19.2 Å². The zero-order valence-corrected chi connectivity index (χ0v) is 19.9. The number of nitrogens with one attached hydrogen (secondary N) is 1. The van der Waals surface area contributed by atoms with Crippen LogP contribution in [0.3, 0.4) is 0 Å². The summed E-state index contributed by atoms with van der Waals surface area (Å²) in [5.41, 5.74) is 2.55.